The van der Waals surface area contributed by atoms with Crippen LogP contribution in [0.1, 0.15) is 41.5 Å². The minimum atomic E-state index is 0.448. The highest BCUT2D eigenvalue weighted by molar-refractivity contribution is 5.96. The molecular formula is C11H24N2. The second-order valence-corrected chi connectivity index (χ2v) is 3.13. The first-order chi connectivity index (χ1) is 5.95. The third kappa shape index (κ3) is 7.57. The van der Waals surface area contributed by atoms with E-state index >= 15 is 0 Å². The summed E-state index contributed by atoms with van der Waals surface area (Å²) in [6, 6.07) is 0.448. The molecule has 0 aromatic heterocycles. The van der Waals surface area contributed by atoms with Gasteiger partial charge in [0.25, 0.3) is 0 Å². The average Bonchev–Trinajstić information content (AvgIpc) is 2.07. The van der Waals surface area contributed by atoms with Gasteiger partial charge in [0.2, 0.25) is 0 Å². The number of hydrogen-bond donors (Lipinski definition) is 0. The Morgan fingerprint density at radius 3 is 1.85 bits per heavy atom. The van der Waals surface area contributed by atoms with Crippen molar-refractivity contribution in [1.29, 1.82) is 0 Å². The average molecular weight is 184 g/mol. The number of nitrogens with zero attached hydrogens (tertiary/aromatic N) is 2. The lowest BCUT2D eigenvalue weighted by molar-refractivity contribution is 0.288. The smallest absolute Gasteiger partial charge is 0.0597 e. The second kappa shape index (κ2) is 7.84. The maximum Gasteiger partial charge on any atom is 0.0597 e. The summed E-state index contributed by atoms with van der Waals surface area (Å²) in [5.74, 6) is 0. The Hall–Kier alpha value is -0.790. The summed E-state index contributed by atoms with van der Waals surface area (Å²) in [7, 11) is 1.97. The van der Waals surface area contributed by atoms with E-state index in [4.69, 9.17) is 0 Å². The Kier molecular flexibility index (Phi) is 8.87. The molecule has 2 nitrogen and oxygen atoms in total. The van der Waals surface area contributed by atoms with Gasteiger partial charge in [0.05, 0.1) is 5.71 Å². The Balaban J connectivity index is 0. The van der Waals surface area contributed by atoms with E-state index in [-0.39, 0.29) is 0 Å². The molecule has 0 rings (SSSR count). The fourth-order valence-corrected chi connectivity index (χ4v) is 0.437. The zero-order chi connectivity index (χ0) is 11.0. The van der Waals surface area contributed by atoms with Gasteiger partial charge in [-0.25, -0.2) is 0 Å². The minimum absolute atomic E-state index is 0.448. The van der Waals surface area contributed by atoms with Crippen molar-refractivity contribution in [3.05, 3.63) is 12.2 Å². The van der Waals surface area contributed by atoms with E-state index in [1.165, 1.54) is 0 Å². The van der Waals surface area contributed by atoms with E-state index in [2.05, 4.69) is 25.5 Å². The van der Waals surface area contributed by atoms with Crippen molar-refractivity contribution in [2.24, 2.45) is 5.10 Å². The molecule has 0 aliphatic rings. The van der Waals surface area contributed by atoms with Gasteiger partial charge in [-0.15, -0.1) is 0 Å². The molecule has 0 aliphatic carbocycles. The van der Waals surface area contributed by atoms with E-state index in [0.29, 0.717) is 6.04 Å². The maximum absolute atomic E-state index is 4.33. The highest BCUT2D eigenvalue weighted by atomic mass is 15.4. The molecule has 0 heterocycles. The molecule has 0 unspecified atom stereocenters. The largest absolute Gasteiger partial charge is 0.297 e. The van der Waals surface area contributed by atoms with Crippen LogP contribution in [0.5, 0.6) is 0 Å². The molecule has 0 radical (unpaired) electrons. The van der Waals surface area contributed by atoms with Crippen LogP contribution in [0.15, 0.2) is 17.3 Å². The van der Waals surface area contributed by atoms with Gasteiger partial charge in [-0.1, -0.05) is 20.4 Å². The minimum Gasteiger partial charge on any atom is -0.297 e. The number of rotatable bonds is 3. The van der Waals surface area contributed by atoms with Gasteiger partial charge < -0.3 is 0 Å². The molecule has 0 aliphatic heterocycles. The third-order valence-corrected chi connectivity index (χ3v) is 1.67. The Bertz CT molecular complexity index is 169. The van der Waals surface area contributed by atoms with Crippen molar-refractivity contribution >= 4 is 5.71 Å². The summed E-state index contributed by atoms with van der Waals surface area (Å²) < 4.78 is 0. The van der Waals surface area contributed by atoms with Crippen molar-refractivity contribution < 1.29 is 0 Å². The van der Waals surface area contributed by atoms with E-state index in [9.17, 15) is 0 Å². The number of hydrazone groups is 1. The van der Waals surface area contributed by atoms with Gasteiger partial charge >= 0.3 is 0 Å². The van der Waals surface area contributed by atoms with Gasteiger partial charge in [-0.3, -0.25) is 5.01 Å². The van der Waals surface area contributed by atoms with Crippen LogP contribution in [0.2, 0.25) is 0 Å². The summed E-state index contributed by atoms with van der Waals surface area (Å²) in [6.07, 6.45) is 0. The van der Waals surface area contributed by atoms with Gasteiger partial charge in [-0.05, 0) is 33.3 Å². The molecule has 0 N–H and O–H groups in total. The summed E-state index contributed by atoms with van der Waals surface area (Å²) in [6.45, 7) is 16.0. The van der Waals surface area contributed by atoms with Crippen LogP contribution in [0.25, 0.3) is 0 Å². The molecule has 0 bridgehead atoms. The zero-order valence-electron chi connectivity index (χ0n) is 10.2. The van der Waals surface area contributed by atoms with Crippen molar-refractivity contribution in [3.8, 4) is 0 Å². The van der Waals surface area contributed by atoms with E-state index in [0.717, 1.165) is 11.3 Å². The normalized spacial score (nSPS) is 10.6. The standard InChI is InChI=1S/C9H18N2.C2H6/c1-7(2)9(5)10-11(6)8(3)4;1-2/h8H,1H2,2-6H3;1-2H3/b10-9-;. The predicted molar refractivity (Wildman–Crippen MR) is 62.2 cm³/mol. The molecule has 0 fully saturated rings. The molecule has 0 saturated heterocycles. The first kappa shape index (κ1) is 14.7. The molecule has 0 saturated carbocycles. The van der Waals surface area contributed by atoms with Crippen LogP contribution in [0, 0.1) is 0 Å². The summed E-state index contributed by atoms with van der Waals surface area (Å²) >= 11 is 0. The predicted octanol–water partition coefficient (Wildman–Crippen LogP) is 3.30. The molecule has 2 heteroatoms. The topological polar surface area (TPSA) is 15.6 Å². The van der Waals surface area contributed by atoms with Crippen molar-refractivity contribution in [2.75, 3.05) is 7.05 Å². The summed E-state index contributed by atoms with van der Waals surface area (Å²) in [5.41, 5.74) is 2.03. The van der Waals surface area contributed by atoms with Crippen molar-refractivity contribution in [1.82, 2.24) is 5.01 Å². The number of allylic oxidation sites excluding steroid dienone is 1. The summed E-state index contributed by atoms with van der Waals surface area (Å²) in [5, 5.41) is 6.26. The van der Waals surface area contributed by atoms with Crippen molar-refractivity contribution in [2.45, 2.75) is 47.6 Å². The molecule has 0 spiro atoms. The number of hydrogen-bond acceptors (Lipinski definition) is 2. The molecule has 13 heavy (non-hydrogen) atoms. The molecule has 0 atom stereocenters. The van der Waals surface area contributed by atoms with Crippen LogP contribution >= 0.6 is 0 Å². The SMILES string of the molecule is C=C(C)/C(C)=N\N(C)C(C)C.CC. The monoisotopic (exact) mass is 184 g/mol. The van der Waals surface area contributed by atoms with Gasteiger partial charge in [0.15, 0.2) is 0 Å². The lowest BCUT2D eigenvalue weighted by atomic mass is 10.2. The third-order valence-electron chi connectivity index (χ3n) is 1.67. The van der Waals surface area contributed by atoms with Gasteiger partial charge in [0.1, 0.15) is 0 Å². The van der Waals surface area contributed by atoms with Gasteiger partial charge in [-0.2, -0.15) is 5.10 Å². The Morgan fingerprint density at radius 1 is 1.23 bits per heavy atom. The zero-order valence-corrected chi connectivity index (χ0v) is 10.2. The van der Waals surface area contributed by atoms with Crippen molar-refractivity contribution in [3.63, 3.8) is 0 Å². The highest BCUT2D eigenvalue weighted by Gasteiger charge is 1.99. The highest BCUT2D eigenvalue weighted by Crippen LogP contribution is 1.98. The van der Waals surface area contributed by atoms with Crippen LogP contribution in [-0.4, -0.2) is 23.8 Å². The van der Waals surface area contributed by atoms with E-state index < -0.39 is 0 Å². The first-order valence-electron chi connectivity index (χ1n) is 4.89. The molecule has 0 aromatic carbocycles. The Morgan fingerprint density at radius 2 is 1.62 bits per heavy atom. The van der Waals surface area contributed by atoms with Crippen LogP contribution < -0.4 is 0 Å². The quantitative estimate of drug-likeness (QED) is 0.485. The maximum atomic E-state index is 4.33. The van der Waals surface area contributed by atoms with E-state index in [1.807, 2.05) is 39.8 Å². The second-order valence-electron chi connectivity index (χ2n) is 3.13. The fraction of sp³-hybridized carbons (Fsp3) is 0.727. The lowest BCUT2D eigenvalue weighted by Crippen LogP contribution is -2.21. The molecule has 0 aromatic rings. The molecular weight excluding hydrogens is 160 g/mol. The molecule has 0 amide bonds. The van der Waals surface area contributed by atoms with E-state index in [1.54, 1.807) is 0 Å². The Labute approximate surface area is 83.3 Å². The van der Waals surface area contributed by atoms with Crippen LogP contribution in [-0.2, 0) is 0 Å². The molecule has 78 valence electrons. The first-order valence-corrected chi connectivity index (χ1v) is 4.89. The van der Waals surface area contributed by atoms with Crippen LogP contribution in [0.3, 0.4) is 0 Å². The van der Waals surface area contributed by atoms with Gasteiger partial charge in [0, 0.05) is 13.1 Å². The van der Waals surface area contributed by atoms with Crippen LogP contribution in [0.4, 0.5) is 0 Å². The fourth-order valence-electron chi connectivity index (χ4n) is 0.437. The summed E-state index contributed by atoms with van der Waals surface area (Å²) in [4.78, 5) is 0. The lowest BCUT2D eigenvalue weighted by Gasteiger charge is -2.18.